The Balaban J connectivity index is 1.81. The van der Waals surface area contributed by atoms with Crippen molar-refractivity contribution in [2.24, 2.45) is 0 Å². The van der Waals surface area contributed by atoms with E-state index in [9.17, 15) is 0 Å². The molecule has 2 rings (SSSR count). The Labute approximate surface area is 106 Å². The summed E-state index contributed by atoms with van der Waals surface area (Å²) < 4.78 is 5.42. The zero-order valence-electron chi connectivity index (χ0n) is 10.3. The van der Waals surface area contributed by atoms with Gasteiger partial charge in [0.15, 0.2) is 0 Å². The van der Waals surface area contributed by atoms with Gasteiger partial charge in [0.1, 0.15) is 5.76 Å². The Hall–Kier alpha value is -1.13. The molecule has 0 fully saturated rings. The lowest BCUT2D eigenvalue weighted by Crippen LogP contribution is -2.22. The second kappa shape index (κ2) is 5.98. The highest BCUT2D eigenvalue weighted by Gasteiger charge is 2.10. The maximum absolute atomic E-state index is 5.42. The largest absolute Gasteiger partial charge is 0.468 e. The minimum atomic E-state index is 0.310. The number of nitrogens with one attached hydrogen (secondary N) is 1. The highest BCUT2D eigenvalue weighted by atomic mass is 32.1. The van der Waals surface area contributed by atoms with Crippen LogP contribution in [-0.2, 0) is 6.42 Å². The van der Waals surface area contributed by atoms with E-state index in [0.29, 0.717) is 6.04 Å². The third-order valence-electron chi connectivity index (χ3n) is 2.73. The summed E-state index contributed by atoms with van der Waals surface area (Å²) in [6.45, 7) is 5.13. The van der Waals surface area contributed by atoms with Gasteiger partial charge in [-0.3, -0.25) is 0 Å². The van der Waals surface area contributed by atoms with Crippen molar-refractivity contribution < 1.29 is 4.42 Å². The molecule has 0 aliphatic carbocycles. The molecule has 2 aromatic heterocycles. The summed E-state index contributed by atoms with van der Waals surface area (Å²) >= 11 is 1.71. The van der Waals surface area contributed by atoms with Crippen molar-refractivity contribution in [2.75, 3.05) is 6.54 Å². The van der Waals surface area contributed by atoms with Gasteiger partial charge in [0, 0.05) is 18.3 Å². The zero-order valence-corrected chi connectivity index (χ0v) is 11.1. The predicted molar refractivity (Wildman–Crippen MR) is 70.3 cm³/mol. The van der Waals surface area contributed by atoms with E-state index in [4.69, 9.17) is 4.42 Å². The van der Waals surface area contributed by atoms with Gasteiger partial charge in [-0.1, -0.05) is 6.92 Å². The van der Waals surface area contributed by atoms with E-state index >= 15 is 0 Å². The van der Waals surface area contributed by atoms with Crippen molar-refractivity contribution in [3.63, 3.8) is 0 Å². The van der Waals surface area contributed by atoms with E-state index in [1.54, 1.807) is 17.6 Å². The third kappa shape index (κ3) is 3.41. The van der Waals surface area contributed by atoms with Crippen molar-refractivity contribution in [3.05, 3.63) is 40.2 Å². The Kier molecular flexibility index (Phi) is 4.34. The maximum atomic E-state index is 5.42. The number of aromatic nitrogens is 1. The SMILES string of the molecule is CCC(NCCc1csc(C)n1)c1ccco1. The van der Waals surface area contributed by atoms with Gasteiger partial charge in [0.25, 0.3) is 0 Å². The van der Waals surface area contributed by atoms with E-state index < -0.39 is 0 Å². The molecule has 2 aromatic rings. The number of aryl methyl sites for hydroxylation is 1. The average molecular weight is 250 g/mol. The maximum Gasteiger partial charge on any atom is 0.120 e. The van der Waals surface area contributed by atoms with Gasteiger partial charge >= 0.3 is 0 Å². The molecular formula is C13H18N2OS. The van der Waals surface area contributed by atoms with E-state index in [-0.39, 0.29) is 0 Å². The van der Waals surface area contributed by atoms with Crippen LogP contribution in [0.3, 0.4) is 0 Å². The van der Waals surface area contributed by atoms with Gasteiger partial charge in [0.05, 0.1) is 23.0 Å². The van der Waals surface area contributed by atoms with E-state index in [0.717, 1.165) is 30.2 Å². The van der Waals surface area contributed by atoms with Gasteiger partial charge in [-0.05, 0) is 25.5 Å². The summed E-state index contributed by atoms with van der Waals surface area (Å²) in [5, 5.41) is 6.77. The van der Waals surface area contributed by atoms with Gasteiger partial charge in [-0.25, -0.2) is 4.98 Å². The van der Waals surface area contributed by atoms with Crippen LogP contribution >= 0.6 is 11.3 Å². The minimum absolute atomic E-state index is 0.310. The molecule has 0 aliphatic rings. The molecule has 1 atom stereocenters. The van der Waals surface area contributed by atoms with Crippen molar-refractivity contribution in [3.8, 4) is 0 Å². The number of furan rings is 1. The molecule has 4 heteroatoms. The van der Waals surface area contributed by atoms with Crippen LogP contribution < -0.4 is 5.32 Å². The minimum Gasteiger partial charge on any atom is -0.468 e. The molecule has 1 unspecified atom stereocenters. The van der Waals surface area contributed by atoms with Crippen LogP contribution in [0.1, 0.15) is 35.8 Å². The van der Waals surface area contributed by atoms with E-state index in [2.05, 4.69) is 22.6 Å². The van der Waals surface area contributed by atoms with Crippen molar-refractivity contribution in [2.45, 2.75) is 32.7 Å². The number of thiazole rings is 1. The van der Waals surface area contributed by atoms with E-state index in [1.165, 1.54) is 5.69 Å². The number of rotatable bonds is 6. The molecule has 0 bridgehead atoms. The van der Waals surface area contributed by atoms with Crippen molar-refractivity contribution in [1.29, 1.82) is 0 Å². The molecule has 0 saturated heterocycles. The lowest BCUT2D eigenvalue weighted by atomic mass is 10.1. The summed E-state index contributed by atoms with van der Waals surface area (Å²) in [4.78, 5) is 4.45. The fourth-order valence-corrected chi connectivity index (χ4v) is 2.48. The number of hydrogen-bond donors (Lipinski definition) is 1. The van der Waals surface area contributed by atoms with Gasteiger partial charge in [-0.2, -0.15) is 0 Å². The highest BCUT2D eigenvalue weighted by Crippen LogP contribution is 2.16. The van der Waals surface area contributed by atoms with Crippen LogP contribution in [-0.4, -0.2) is 11.5 Å². The standard InChI is InChI=1S/C13H18N2OS/c1-3-12(13-5-4-8-16-13)14-7-6-11-9-17-10(2)15-11/h4-5,8-9,12,14H,3,6-7H2,1-2H3. The molecule has 3 nitrogen and oxygen atoms in total. The van der Waals surface area contributed by atoms with Crippen LogP contribution in [0.25, 0.3) is 0 Å². The normalized spacial score (nSPS) is 12.8. The lowest BCUT2D eigenvalue weighted by Gasteiger charge is -2.13. The quantitative estimate of drug-likeness (QED) is 0.854. The Morgan fingerprint density at radius 3 is 3.00 bits per heavy atom. The Morgan fingerprint density at radius 1 is 1.53 bits per heavy atom. The first-order valence-corrected chi connectivity index (χ1v) is 6.85. The van der Waals surface area contributed by atoms with Gasteiger partial charge in [-0.15, -0.1) is 11.3 Å². The summed E-state index contributed by atoms with van der Waals surface area (Å²) in [6, 6.07) is 4.27. The predicted octanol–water partition coefficient (Wildman–Crippen LogP) is 3.33. The smallest absolute Gasteiger partial charge is 0.120 e. The summed E-state index contributed by atoms with van der Waals surface area (Å²) in [6.07, 6.45) is 3.73. The molecule has 2 heterocycles. The first kappa shape index (κ1) is 12.3. The molecule has 0 radical (unpaired) electrons. The number of hydrogen-bond acceptors (Lipinski definition) is 4. The molecule has 0 saturated carbocycles. The average Bonchev–Trinajstić information content (AvgIpc) is 2.96. The van der Waals surface area contributed by atoms with Crippen molar-refractivity contribution >= 4 is 11.3 Å². The molecular weight excluding hydrogens is 232 g/mol. The third-order valence-corrected chi connectivity index (χ3v) is 3.56. The molecule has 0 spiro atoms. The molecule has 17 heavy (non-hydrogen) atoms. The van der Waals surface area contributed by atoms with Crippen molar-refractivity contribution in [1.82, 2.24) is 10.3 Å². The van der Waals surface area contributed by atoms with Crippen LogP contribution in [0, 0.1) is 6.92 Å². The van der Waals surface area contributed by atoms with Gasteiger partial charge < -0.3 is 9.73 Å². The van der Waals surface area contributed by atoms with Crippen LogP contribution in [0.15, 0.2) is 28.2 Å². The Bertz CT molecular complexity index is 436. The summed E-state index contributed by atoms with van der Waals surface area (Å²) in [5.41, 5.74) is 1.18. The van der Waals surface area contributed by atoms with Gasteiger partial charge in [0.2, 0.25) is 0 Å². The summed E-state index contributed by atoms with van der Waals surface area (Å²) in [7, 11) is 0. The fraction of sp³-hybridized carbons (Fsp3) is 0.462. The topological polar surface area (TPSA) is 38.1 Å². The summed E-state index contributed by atoms with van der Waals surface area (Å²) in [5.74, 6) is 1.02. The number of nitrogens with zero attached hydrogens (tertiary/aromatic N) is 1. The molecule has 0 aliphatic heterocycles. The zero-order chi connectivity index (χ0) is 12.1. The van der Waals surface area contributed by atoms with Crippen LogP contribution in [0.4, 0.5) is 0 Å². The van der Waals surface area contributed by atoms with E-state index in [1.807, 2.05) is 19.1 Å². The second-order valence-electron chi connectivity index (χ2n) is 4.04. The molecule has 0 amide bonds. The first-order valence-electron chi connectivity index (χ1n) is 5.97. The first-order chi connectivity index (χ1) is 8.29. The fourth-order valence-electron chi connectivity index (χ4n) is 1.83. The second-order valence-corrected chi connectivity index (χ2v) is 5.10. The monoisotopic (exact) mass is 250 g/mol. The highest BCUT2D eigenvalue weighted by molar-refractivity contribution is 7.09. The van der Waals surface area contributed by atoms with Crippen LogP contribution in [0.5, 0.6) is 0 Å². The molecule has 1 N–H and O–H groups in total. The molecule has 92 valence electrons. The molecule has 0 aromatic carbocycles. The van der Waals surface area contributed by atoms with Crippen LogP contribution in [0.2, 0.25) is 0 Å². The lowest BCUT2D eigenvalue weighted by molar-refractivity contribution is 0.406. The Morgan fingerprint density at radius 2 is 2.41 bits per heavy atom.